The van der Waals surface area contributed by atoms with Crippen LogP contribution in [0.5, 0.6) is 11.6 Å². The van der Waals surface area contributed by atoms with Gasteiger partial charge in [-0.05, 0) is 30.2 Å². The van der Waals surface area contributed by atoms with Crippen molar-refractivity contribution < 1.29 is 28.9 Å². The molecule has 188 valence electrons. The van der Waals surface area contributed by atoms with Gasteiger partial charge < -0.3 is 29.6 Å². The fraction of sp³-hybridized carbons (Fsp3) is 0.391. The Kier molecular flexibility index (Phi) is 8.66. The molecule has 0 spiro atoms. The second kappa shape index (κ2) is 11.7. The first kappa shape index (κ1) is 26.0. The number of nitrogens with one attached hydrogen (secondary N) is 2. The van der Waals surface area contributed by atoms with Crippen molar-refractivity contribution in [2.24, 2.45) is 5.92 Å². The number of amides is 1. The molecule has 3 N–H and O–H groups in total. The van der Waals surface area contributed by atoms with Crippen LogP contribution in [0.15, 0.2) is 34.4 Å². The Bertz CT molecular complexity index is 1220. The van der Waals surface area contributed by atoms with Crippen molar-refractivity contribution in [2.45, 2.75) is 26.3 Å². The van der Waals surface area contributed by atoms with Crippen LogP contribution in [0.1, 0.15) is 36.8 Å². The number of ether oxygens (including phenoxy) is 3. The zero-order valence-electron chi connectivity index (χ0n) is 19.9. The van der Waals surface area contributed by atoms with Gasteiger partial charge in [-0.2, -0.15) is 0 Å². The van der Waals surface area contributed by atoms with Crippen LogP contribution in [0.25, 0.3) is 11.3 Å². The summed E-state index contributed by atoms with van der Waals surface area (Å²) in [6, 6.07) is 5.78. The first-order valence-corrected chi connectivity index (χ1v) is 11.8. The summed E-state index contributed by atoms with van der Waals surface area (Å²) in [5.74, 6) is -1.23. The molecule has 12 heteroatoms. The molecular weight excluding hydrogens is 476 g/mol. The van der Waals surface area contributed by atoms with Gasteiger partial charge in [0.15, 0.2) is 10.8 Å². The molecule has 0 saturated heterocycles. The molecule has 0 unspecified atom stereocenters. The number of thiazole rings is 1. The lowest BCUT2D eigenvalue weighted by molar-refractivity contribution is -0.120. The van der Waals surface area contributed by atoms with Crippen molar-refractivity contribution in [3.05, 3.63) is 45.8 Å². The van der Waals surface area contributed by atoms with E-state index in [9.17, 15) is 19.5 Å². The van der Waals surface area contributed by atoms with Crippen LogP contribution in [-0.2, 0) is 14.3 Å². The standard InChI is InChI=1S/C23H28N4O7S/c1-5-13(2)18(19(28)26-22-24-16(12-35-22)21(30)33-4)27-20(29)17(25-23(27)31)14-6-8-15(9-7-14)34-11-10-32-3/h6-9,12-13,18,29H,5,10-11H2,1-4H3,(H,25,31)(H,24,26,28)/t13-,18+/m1/s1. The van der Waals surface area contributed by atoms with Crippen molar-refractivity contribution in [3.8, 4) is 22.9 Å². The highest BCUT2D eigenvalue weighted by Gasteiger charge is 2.32. The fourth-order valence-electron chi connectivity index (χ4n) is 3.42. The smallest absolute Gasteiger partial charge is 0.357 e. The van der Waals surface area contributed by atoms with E-state index in [2.05, 4.69) is 20.0 Å². The summed E-state index contributed by atoms with van der Waals surface area (Å²) in [5, 5.41) is 15.2. The molecule has 1 amide bonds. The van der Waals surface area contributed by atoms with Gasteiger partial charge in [-0.3, -0.25) is 4.79 Å². The summed E-state index contributed by atoms with van der Waals surface area (Å²) in [5.41, 5.74) is 0.157. The molecule has 0 radical (unpaired) electrons. The highest BCUT2D eigenvalue weighted by atomic mass is 32.1. The zero-order valence-corrected chi connectivity index (χ0v) is 20.7. The maximum absolute atomic E-state index is 13.2. The predicted octanol–water partition coefficient (Wildman–Crippen LogP) is 3.04. The average molecular weight is 505 g/mol. The second-order valence-electron chi connectivity index (χ2n) is 7.71. The van der Waals surface area contributed by atoms with Gasteiger partial charge >= 0.3 is 11.7 Å². The Hall–Kier alpha value is -3.64. The van der Waals surface area contributed by atoms with Crippen molar-refractivity contribution in [1.82, 2.24) is 14.5 Å². The summed E-state index contributed by atoms with van der Waals surface area (Å²) in [6.45, 7) is 4.52. The van der Waals surface area contributed by atoms with Crippen LogP contribution < -0.4 is 15.7 Å². The van der Waals surface area contributed by atoms with E-state index in [0.29, 0.717) is 30.9 Å². The van der Waals surface area contributed by atoms with Crippen LogP contribution in [0.4, 0.5) is 5.13 Å². The largest absolute Gasteiger partial charge is 0.493 e. The third-order valence-corrected chi connectivity index (χ3v) is 6.22. The Morgan fingerprint density at radius 1 is 1.23 bits per heavy atom. The van der Waals surface area contributed by atoms with Gasteiger partial charge in [0.05, 0.1) is 13.7 Å². The number of aromatic nitrogens is 3. The SMILES string of the molecule is CC[C@@H](C)[C@@H](C(=O)Nc1nc(C(=O)OC)cs1)n1c(O)c(-c2ccc(OCCOC)cc2)[nH]c1=O. The molecule has 11 nitrogen and oxygen atoms in total. The first-order chi connectivity index (χ1) is 16.8. The molecular formula is C23H28N4O7S. The van der Waals surface area contributed by atoms with E-state index in [-0.39, 0.29) is 28.3 Å². The molecule has 2 aromatic heterocycles. The molecule has 0 aliphatic heterocycles. The van der Waals surface area contributed by atoms with Gasteiger partial charge in [0, 0.05) is 18.1 Å². The lowest BCUT2D eigenvalue weighted by Gasteiger charge is -2.23. The molecule has 2 atom stereocenters. The average Bonchev–Trinajstić information content (AvgIpc) is 3.44. The molecule has 0 fully saturated rings. The summed E-state index contributed by atoms with van der Waals surface area (Å²) in [7, 11) is 2.82. The zero-order chi connectivity index (χ0) is 25.5. The van der Waals surface area contributed by atoms with Crippen molar-refractivity contribution in [1.29, 1.82) is 0 Å². The van der Waals surface area contributed by atoms with Gasteiger partial charge in [0.25, 0.3) is 0 Å². The summed E-state index contributed by atoms with van der Waals surface area (Å²) >= 11 is 1.05. The molecule has 35 heavy (non-hydrogen) atoms. The van der Waals surface area contributed by atoms with Crippen molar-refractivity contribution in [3.63, 3.8) is 0 Å². The van der Waals surface area contributed by atoms with Crippen LogP contribution in [-0.4, -0.2) is 59.0 Å². The van der Waals surface area contributed by atoms with Crippen LogP contribution in [0, 0.1) is 5.92 Å². The number of aromatic hydroxyl groups is 1. The number of methoxy groups -OCH3 is 2. The minimum atomic E-state index is -1.03. The number of rotatable bonds is 11. The van der Waals surface area contributed by atoms with Gasteiger partial charge in [-0.15, -0.1) is 11.3 Å². The maximum Gasteiger partial charge on any atom is 0.357 e. The Morgan fingerprint density at radius 2 is 1.94 bits per heavy atom. The van der Waals surface area contributed by atoms with Crippen LogP contribution >= 0.6 is 11.3 Å². The highest BCUT2D eigenvalue weighted by Crippen LogP contribution is 2.33. The number of nitrogens with zero attached hydrogens (tertiary/aromatic N) is 2. The van der Waals surface area contributed by atoms with E-state index in [4.69, 9.17) is 9.47 Å². The number of aromatic amines is 1. The molecule has 0 aliphatic carbocycles. The summed E-state index contributed by atoms with van der Waals surface area (Å²) in [6.07, 6.45) is 0.559. The third kappa shape index (κ3) is 5.89. The lowest BCUT2D eigenvalue weighted by atomic mass is 9.98. The number of esters is 1. The van der Waals surface area contributed by atoms with Gasteiger partial charge in [-0.25, -0.2) is 19.1 Å². The number of imidazole rings is 1. The van der Waals surface area contributed by atoms with E-state index in [1.807, 2.05) is 6.92 Å². The topological polar surface area (TPSA) is 145 Å². The Labute approximate surface area is 205 Å². The highest BCUT2D eigenvalue weighted by molar-refractivity contribution is 7.14. The minimum absolute atomic E-state index is 0.0616. The fourth-order valence-corrected chi connectivity index (χ4v) is 4.10. The number of carbonyl (C=O) groups is 2. The molecule has 0 aliphatic rings. The van der Waals surface area contributed by atoms with Gasteiger partial charge in [0.1, 0.15) is 24.1 Å². The predicted molar refractivity (Wildman–Crippen MR) is 130 cm³/mol. The van der Waals surface area contributed by atoms with E-state index in [0.717, 1.165) is 15.9 Å². The van der Waals surface area contributed by atoms with Crippen molar-refractivity contribution in [2.75, 3.05) is 32.8 Å². The lowest BCUT2D eigenvalue weighted by Crippen LogP contribution is -2.35. The minimum Gasteiger partial charge on any atom is -0.493 e. The number of hydrogen-bond acceptors (Lipinski definition) is 9. The number of hydrogen-bond donors (Lipinski definition) is 3. The van der Waals surface area contributed by atoms with E-state index in [1.165, 1.54) is 12.5 Å². The third-order valence-electron chi connectivity index (χ3n) is 5.46. The molecule has 0 bridgehead atoms. The van der Waals surface area contributed by atoms with Crippen LogP contribution in [0.3, 0.4) is 0 Å². The Balaban J connectivity index is 1.88. The summed E-state index contributed by atoms with van der Waals surface area (Å²) in [4.78, 5) is 44.4. The molecule has 1 aromatic carbocycles. The van der Waals surface area contributed by atoms with Gasteiger partial charge in [0.2, 0.25) is 11.8 Å². The number of benzene rings is 1. The second-order valence-corrected chi connectivity index (χ2v) is 8.57. The monoisotopic (exact) mass is 504 g/mol. The van der Waals surface area contributed by atoms with E-state index >= 15 is 0 Å². The van der Waals surface area contributed by atoms with Crippen LogP contribution in [0.2, 0.25) is 0 Å². The number of carbonyl (C=O) groups excluding carboxylic acids is 2. The summed E-state index contributed by atoms with van der Waals surface area (Å²) < 4.78 is 16.2. The molecule has 0 saturated carbocycles. The molecule has 3 rings (SSSR count). The number of H-pyrrole nitrogens is 1. The normalized spacial score (nSPS) is 12.7. The first-order valence-electron chi connectivity index (χ1n) is 10.9. The molecule has 3 aromatic rings. The van der Waals surface area contributed by atoms with Gasteiger partial charge in [-0.1, -0.05) is 20.3 Å². The quantitative estimate of drug-likeness (QED) is 0.267. The molecule has 2 heterocycles. The Morgan fingerprint density at radius 3 is 2.57 bits per heavy atom. The van der Waals surface area contributed by atoms with Crippen molar-refractivity contribution >= 4 is 28.3 Å². The number of anilines is 1. The van der Waals surface area contributed by atoms with E-state index < -0.39 is 23.6 Å². The maximum atomic E-state index is 13.2. The van der Waals surface area contributed by atoms with E-state index in [1.54, 1.807) is 38.3 Å².